The number of aliphatic hydroxyl groups excluding tert-OH is 1. The summed E-state index contributed by atoms with van der Waals surface area (Å²) in [5, 5.41) is 21.3. The van der Waals surface area contributed by atoms with Crippen LogP contribution in [0.4, 0.5) is 5.69 Å². The average Bonchev–Trinajstić information content (AvgIpc) is 2.57. The Bertz CT molecular complexity index is 609. The maximum atomic E-state index is 11.1. The minimum atomic E-state index is -0.318. The Kier molecular flexibility index (Phi) is 4.90. The second kappa shape index (κ2) is 6.78. The van der Waals surface area contributed by atoms with Crippen molar-refractivity contribution in [3.05, 3.63) is 39.4 Å². The van der Waals surface area contributed by atoms with E-state index in [4.69, 9.17) is 4.74 Å². The number of ether oxygens (including phenoxy) is 1. The topological polar surface area (TPSA) is 75.8 Å². The summed E-state index contributed by atoms with van der Waals surface area (Å²) >= 11 is 0. The lowest BCUT2D eigenvalue weighted by Gasteiger charge is -2.56. The van der Waals surface area contributed by atoms with Crippen LogP contribution in [0.2, 0.25) is 0 Å². The van der Waals surface area contributed by atoms with E-state index < -0.39 is 0 Å². The van der Waals surface area contributed by atoms with E-state index in [0.29, 0.717) is 6.61 Å². The highest BCUT2D eigenvalue weighted by Crippen LogP contribution is 2.51. The first kappa shape index (κ1) is 17.3. The molecule has 1 spiro atoms. The van der Waals surface area contributed by atoms with Gasteiger partial charge in [-0.25, -0.2) is 0 Å². The van der Waals surface area contributed by atoms with E-state index in [0.717, 1.165) is 50.0 Å². The van der Waals surface area contributed by atoms with Gasteiger partial charge in [-0.2, -0.15) is 0 Å². The number of nitro benzene ring substituents is 1. The zero-order valence-corrected chi connectivity index (χ0v) is 14.4. The fraction of sp³-hybridized carbons (Fsp3) is 0.667. The number of hydrogen-bond acceptors (Lipinski definition) is 5. The normalized spacial score (nSPS) is 26.3. The summed E-state index contributed by atoms with van der Waals surface area (Å²) in [4.78, 5) is 13.1. The van der Waals surface area contributed by atoms with Crippen LogP contribution in [0.3, 0.4) is 0 Å². The van der Waals surface area contributed by atoms with Gasteiger partial charge in [0.2, 0.25) is 0 Å². The Morgan fingerprint density at radius 3 is 2.71 bits per heavy atom. The molecule has 1 saturated heterocycles. The van der Waals surface area contributed by atoms with Crippen LogP contribution in [-0.4, -0.2) is 46.8 Å². The molecule has 6 heteroatoms. The first-order valence-corrected chi connectivity index (χ1v) is 8.73. The van der Waals surface area contributed by atoms with Crippen LogP contribution >= 0.6 is 0 Å². The standard InChI is InChI=1S/C18H26N2O4/c1-3-24-17-11-16(21)18(17)7-9-19(10-8-18)12-14-5-4-6-15(13(14)2)20(22)23/h4-6,16-17,21H,3,7-12H2,1-2H3. The average molecular weight is 334 g/mol. The van der Waals surface area contributed by atoms with Gasteiger partial charge in [-0.05, 0) is 45.3 Å². The first-order chi connectivity index (χ1) is 11.5. The molecule has 3 rings (SSSR count). The fourth-order valence-electron chi connectivity index (χ4n) is 4.22. The lowest BCUT2D eigenvalue weighted by atomic mass is 9.58. The molecule has 0 bridgehead atoms. The summed E-state index contributed by atoms with van der Waals surface area (Å²) in [6.45, 7) is 7.01. The molecule has 0 aromatic heterocycles. The van der Waals surface area contributed by atoms with Crippen molar-refractivity contribution in [1.29, 1.82) is 0 Å². The number of benzene rings is 1. The van der Waals surface area contributed by atoms with E-state index in [9.17, 15) is 15.2 Å². The van der Waals surface area contributed by atoms with Crippen LogP contribution < -0.4 is 0 Å². The molecule has 6 nitrogen and oxygen atoms in total. The summed E-state index contributed by atoms with van der Waals surface area (Å²) < 4.78 is 5.80. The van der Waals surface area contributed by atoms with Gasteiger partial charge in [0, 0.05) is 36.6 Å². The molecule has 2 unspecified atom stereocenters. The van der Waals surface area contributed by atoms with Crippen molar-refractivity contribution in [3.8, 4) is 0 Å². The molecule has 1 aromatic rings. The van der Waals surface area contributed by atoms with Gasteiger partial charge in [0.05, 0.1) is 17.1 Å². The van der Waals surface area contributed by atoms with Crippen LogP contribution in [0.25, 0.3) is 0 Å². The van der Waals surface area contributed by atoms with Crippen LogP contribution in [0.5, 0.6) is 0 Å². The van der Waals surface area contributed by atoms with Crippen molar-refractivity contribution in [3.63, 3.8) is 0 Å². The molecule has 0 amide bonds. The van der Waals surface area contributed by atoms with Crippen LogP contribution in [0, 0.1) is 22.5 Å². The van der Waals surface area contributed by atoms with E-state index in [-0.39, 0.29) is 28.2 Å². The number of aliphatic hydroxyl groups is 1. The monoisotopic (exact) mass is 334 g/mol. The molecule has 24 heavy (non-hydrogen) atoms. The molecule has 1 aromatic carbocycles. The maximum Gasteiger partial charge on any atom is 0.272 e. The molecular formula is C18H26N2O4. The van der Waals surface area contributed by atoms with Gasteiger partial charge in [-0.1, -0.05) is 12.1 Å². The molecule has 0 radical (unpaired) electrons. The Balaban J connectivity index is 1.64. The predicted octanol–water partition coefficient (Wildman–Crippen LogP) is 2.66. The summed E-state index contributed by atoms with van der Waals surface area (Å²) in [6.07, 6.45) is 2.52. The van der Waals surface area contributed by atoms with E-state index in [1.54, 1.807) is 12.1 Å². The highest BCUT2D eigenvalue weighted by Gasteiger charge is 2.55. The van der Waals surface area contributed by atoms with Gasteiger partial charge in [0.15, 0.2) is 0 Å². The zero-order valence-electron chi connectivity index (χ0n) is 14.4. The number of piperidine rings is 1. The SMILES string of the molecule is CCOC1CC(O)C12CCN(Cc1cccc([N+](=O)[O-])c1C)CC2. The third kappa shape index (κ3) is 2.94. The number of rotatable bonds is 5. The number of nitrogens with zero attached hydrogens (tertiary/aromatic N) is 2. The smallest absolute Gasteiger partial charge is 0.272 e. The molecule has 2 fully saturated rings. The third-order valence-corrected chi connectivity index (χ3v) is 5.91. The molecule has 1 heterocycles. The molecular weight excluding hydrogens is 308 g/mol. The van der Waals surface area contributed by atoms with Crippen molar-refractivity contribution in [2.24, 2.45) is 5.41 Å². The summed E-state index contributed by atoms with van der Waals surface area (Å²) in [7, 11) is 0. The largest absolute Gasteiger partial charge is 0.392 e. The van der Waals surface area contributed by atoms with Gasteiger partial charge in [-0.15, -0.1) is 0 Å². The summed E-state index contributed by atoms with van der Waals surface area (Å²) in [5.41, 5.74) is 1.87. The van der Waals surface area contributed by atoms with E-state index >= 15 is 0 Å². The quantitative estimate of drug-likeness (QED) is 0.662. The molecule has 1 N–H and O–H groups in total. The lowest BCUT2D eigenvalue weighted by Crippen LogP contribution is -2.62. The second-order valence-corrected chi connectivity index (χ2v) is 7.02. The number of hydrogen-bond donors (Lipinski definition) is 1. The van der Waals surface area contributed by atoms with Gasteiger partial charge < -0.3 is 9.84 Å². The van der Waals surface area contributed by atoms with Crippen molar-refractivity contribution < 1.29 is 14.8 Å². The lowest BCUT2D eigenvalue weighted by molar-refractivity contribution is -0.385. The Labute approximate surface area is 142 Å². The second-order valence-electron chi connectivity index (χ2n) is 7.02. The zero-order chi connectivity index (χ0) is 17.3. The van der Waals surface area contributed by atoms with Gasteiger partial charge in [0.25, 0.3) is 5.69 Å². The molecule has 1 aliphatic heterocycles. The Morgan fingerprint density at radius 1 is 1.42 bits per heavy atom. The summed E-state index contributed by atoms with van der Waals surface area (Å²) in [6, 6.07) is 5.28. The Morgan fingerprint density at radius 2 is 2.12 bits per heavy atom. The molecule has 2 atom stereocenters. The minimum Gasteiger partial charge on any atom is -0.392 e. The van der Waals surface area contributed by atoms with Gasteiger partial charge in [-0.3, -0.25) is 15.0 Å². The van der Waals surface area contributed by atoms with Crippen LogP contribution in [0.1, 0.15) is 37.3 Å². The van der Waals surface area contributed by atoms with Crippen molar-refractivity contribution in [2.45, 2.75) is 51.9 Å². The van der Waals surface area contributed by atoms with E-state index in [2.05, 4.69) is 4.90 Å². The van der Waals surface area contributed by atoms with Crippen molar-refractivity contribution in [1.82, 2.24) is 4.90 Å². The highest BCUT2D eigenvalue weighted by molar-refractivity contribution is 5.44. The number of likely N-dealkylation sites (tertiary alicyclic amines) is 1. The van der Waals surface area contributed by atoms with Crippen molar-refractivity contribution in [2.75, 3.05) is 19.7 Å². The van der Waals surface area contributed by atoms with Crippen LogP contribution in [0.15, 0.2) is 18.2 Å². The van der Waals surface area contributed by atoms with Crippen molar-refractivity contribution >= 4 is 5.69 Å². The molecule has 1 aliphatic carbocycles. The number of nitro groups is 1. The van der Waals surface area contributed by atoms with Crippen LogP contribution in [-0.2, 0) is 11.3 Å². The molecule has 1 saturated carbocycles. The third-order valence-electron chi connectivity index (χ3n) is 5.91. The van der Waals surface area contributed by atoms with E-state index in [1.807, 2.05) is 19.9 Å². The summed E-state index contributed by atoms with van der Waals surface area (Å²) in [5.74, 6) is 0. The first-order valence-electron chi connectivity index (χ1n) is 8.73. The predicted molar refractivity (Wildman–Crippen MR) is 90.8 cm³/mol. The highest BCUT2D eigenvalue weighted by atomic mass is 16.6. The minimum absolute atomic E-state index is 0.0791. The molecule has 132 valence electrons. The Hall–Kier alpha value is -1.50. The fourth-order valence-corrected chi connectivity index (χ4v) is 4.22. The van der Waals surface area contributed by atoms with Gasteiger partial charge >= 0.3 is 0 Å². The van der Waals surface area contributed by atoms with Gasteiger partial charge in [0.1, 0.15) is 0 Å². The molecule has 2 aliphatic rings. The maximum absolute atomic E-state index is 11.1. The van der Waals surface area contributed by atoms with E-state index in [1.165, 1.54) is 0 Å².